The normalized spacial score (nSPS) is 13.5. The molecule has 0 fully saturated rings. The number of hydrogen-bond donors (Lipinski definition) is 1. The molecule has 1 aromatic carbocycles. The Morgan fingerprint density at radius 3 is 2.56 bits per heavy atom. The summed E-state index contributed by atoms with van der Waals surface area (Å²) >= 11 is 2.75. The van der Waals surface area contributed by atoms with Crippen LogP contribution in [-0.4, -0.2) is 45.6 Å². The van der Waals surface area contributed by atoms with Gasteiger partial charge in [-0.25, -0.2) is 4.79 Å². The molecule has 3 aromatic rings. The maximum absolute atomic E-state index is 13.0. The van der Waals surface area contributed by atoms with E-state index in [4.69, 9.17) is 14.2 Å². The first-order valence-corrected chi connectivity index (χ1v) is 14.7. The van der Waals surface area contributed by atoms with Crippen LogP contribution in [0.4, 0.5) is 5.00 Å². The molecule has 208 valence electrons. The predicted octanol–water partition coefficient (Wildman–Crippen LogP) is 5.85. The van der Waals surface area contributed by atoms with Crippen LogP contribution >= 0.6 is 23.1 Å². The number of amides is 1. The van der Waals surface area contributed by atoms with Crippen molar-refractivity contribution in [2.75, 3.05) is 18.2 Å². The molecule has 0 saturated heterocycles. The lowest BCUT2D eigenvalue weighted by atomic mass is 9.95. The quantitative estimate of drug-likeness (QED) is 0.164. The van der Waals surface area contributed by atoms with Gasteiger partial charge in [0.2, 0.25) is 5.91 Å². The number of thioether (sulfide) groups is 1. The summed E-state index contributed by atoms with van der Waals surface area (Å²) in [6.07, 6.45) is 4.96. The molecule has 0 aliphatic heterocycles. The molecule has 1 N–H and O–H groups in total. The molecule has 2 aromatic heterocycles. The highest BCUT2D eigenvalue weighted by Crippen LogP contribution is 2.39. The monoisotopic (exact) mass is 570 g/mol. The number of aryl methyl sites for hydroxylation is 1. The van der Waals surface area contributed by atoms with Gasteiger partial charge in [-0.1, -0.05) is 17.8 Å². The van der Waals surface area contributed by atoms with Gasteiger partial charge in [0.05, 0.1) is 24.5 Å². The highest BCUT2D eigenvalue weighted by Gasteiger charge is 2.28. The number of carbonyl (C=O) groups is 2. The van der Waals surface area contributed by atoms with E-state index >= 15 is 0 Å². The lowest BCUT2D eigenvalue weighted by molar-refractivity contribution is -0.113. The van der Waals surface area contributed by atoms with Crippen molar-refractivity contribution >= 4 is 40.0 Å². The molecule has 0 spiro atoms. The molecular weight excluding hydrogens is 536 g/mol. The number of benzene rings is 1. The third kappa shape index (κ3) is 7.02. The molecule has 39 heavy (non-hydrogen) atoms. The molecule has 9 nitrogen and oxygen atoms in total. The van der Waals surface area contributed by atoms with Crippen LogP contribution in [0.15, 0.2) is 42.1 Å². The molecule has 0 radical (unpaired) electrons. The summed E-state index contributed by atoms with van der Waals surface area (Å²) in [6.45, 7) is 9.85. The van der Waals surface area contributed by atoms with Crippen LogP contribution in [0.25, 0.3) is 0 Å². The largest absolute Gasteiger partial charge is 0.497 e. The predicted molar refractivity (Wildman–Crippen MR) is 153 cm³/mol. The van der Waals surface area contributed by atoms with Gasteiger partial charge in [-0.05, 0) is 76.3 Å². The first-order chi connectivity index (χ1) is 18.8. The van der Waals surface area contributed by atoms with Crippen LogP contribution < -0.4 is 14.8 Å². The number of thiophene rings is 1. The second kappa shape index (κ2) is 13.2. The van der Waals surface area contributed by atoms with E-state index in [2.05, 4.69) is 22.1 Å². The summed E-state index contributed by atoms with van der Waals surface area (Å²) < 4.78 is 18.6. The third-order valence-electron chi connectivity index (χ3n) is 6.10. The van der Waals surface area contributed by atoms with Crippen molar-refractivity contribution in [2.45, 2.75) is 70.4 Å². The zero-order valence-corrected chi connectivity index (χ0v) is 24.3. The standard InChI is InChI=1S/C28H34N4O5S2/c1-6-15-32-25(18(4)37-20-13-11-19(35-5)12-14-20)30-31-28(32)38-16-23(33)29-26-24(27(34)36-17(2)3)21-9-7-8-10-22(21)39-26/h6,11-14,17-18H,1,7-10,15-16H2,2-5H3,(H,29,33). The Labute approximate surface area is 236 Å². The SMILES string of the molecule is C=CCn1c(SCC(=O)Nc2sc3c(c2C(=O)OC(C)C)CCCC3)nnc1C(C)Oc1ccc(OC)cc1. The minimum absolute atomic E-state index is 0.101. The Morgan fingerprint density at radius 1 is 1.15 bits per heavy atom. The van der Waals surface area contributed by atoms with E-state index in [-0.39, 0.29) is 29.8 Å². The van der Waals surface area contributed by atoms with Crippen LogP contribution in [0.2, 0.25) is 0 Å². The number of aromatic nitrogens is 3. The van der Waals surface area contributed by atoms with E-state index in [1.54, 1.807) is 13.2 Å². The molecule has 1 atom stereocenters. The van der Waals surface area contributed by atoms with Crippen LogP contribution in [0, 0.1) is 0 Å². The second-order valence-electron chi connectivity index (χ2n) is 9.38. The molecular formula is C28H34N4O5S2. The van der Waals surface area contributed by atoms with E-state index in [1.165, 1.54) is 23.1 Å². The van der Waals surface area contributed by atoms with Gasteiger partial charge in [0, 0.05) is 11.4 Å². The van der Waals surface area contributed by atoms with E-state index in [9.17, 15) is 9.59 Å². The van der Waals surface area contributed by atoms with Gasteiger partial charge in [-0.3, -0.25) is 9.36 Å². The molecule has 0 saturated carbocycles. The van der Waals surface area contributed by atoms with Gasteiger partial charge in [-0.15, -0.1) is 28.1 Å². The number of esters is 1. The molecule has 4 rings (SSSR count). The zero-order chi connectivity index (χ0) is 27.9. The minimum Gasteiger partial charge on any atom is -0.497 e. The lowest BCUT2D eigenvalue weighted by Crippen LogP contribution is -2.19. The van der Waals surface area contributed by atoms with Crippen molar-refractivity contribution < 1.29 is 23.8 Å². The Kier molecular flexibility index (Phi) is 9.68. The van der Waals surface area contributed by atoms with Crippen molar-refractivity contribution in [3.63, 3.8) is 0 Å². The second-order valence-corrected chi connectivity index (χ2v) is 11.4. The molecule has 2 heterocycles. The number of methoxy groups -OCH3 is 1. The number of hydrogen-bond acceptors (Lipinski definition) is 9. The van der Waals surface area contributed by atoms with Gasteiger partial charge in [0.15, 0.2) is 17.1 Å². The number of allylic oxidation sites excluding steroid dienone is 1. The van der Waals surface area contributed by atoms with Crippen LogP contribution in [0.5, 0.6) is 11.5 Å². The molecule has 1 aliphatic carbocycles. The third-order valence-corrected chi connectivity index (χ3v) is 8.27. The fraction of sp³-hybridized carbons (Fsp3) is 0.429. The number of nitrogens with zero attached hydrogens (tertiary/aromatic N) is 3. The zero-order valence-electron chi connectivity index (χ0n) is 22.7. The first-order valence-electron chi connectivity index (χ1n) is 12.9. The fourth-order valence-electron chi connectivity index (χ4n) is 4.36. The van der Waals surface area contributed by atoms with Crippen molar-refractivity contribution in [3.05, 3.63) is 58.7 Å². The highest BCUT2D eigenvalue weighted by atomic mass is 32.2. The van der Waals surface area contributed by atoms with E-state index in [0.29, 0.717) is 33.8 Å². The minimum atomic E-state index is -0.388. The average molecular weight is 571 g/mol. The Morgan fingerprint density at radius 2 is 1.87 bits per heavy atom. The first kappa shape index (κ1) is 28.7. The van der Waals surface area contributed by atoms with Crippen molar-refractivity contribution in [2.24, 2.45) is 0 Å². The molecule has 1 amide bonds. The van der Waals surface area contributed by atoms with Crippen LogP contribution in [0.1, 0.15) is 66.3 Å². The maximum atomic E-state index is 13.0. The van der Waals surface area contributed by atoms with Gasteiger partial charge in [0.1, 0.15) is 16.5 Å². The summed E-state index contributed by atoms with van der Waals surface area (Å²) in [7, 11) is 1.61. The number of carbonyl (C=O) groups excluding carboxylic acids is 2. The molecule has 1 aliphatic rings. The molecule has 1 unspecified atom stereocenters. The van der Waals surface area contributed by atoms with Crippen LogP contribution in [0.3, 0.4) is 0 Å². The van der Waals surface area contributed by atoms with E-state index in [1.807, 2.05) is 49.6 Å². The Balaban J connectivity index is 1.45. The summed E-state index contributed by atoms with van der Waals surface area (Å²) in [4.78, 5) is 27.1. The summed E-state index contributed by atoms with van der Waals surface area (Å²) in [5.41, 5.74) is 1.52. The van der Waals surface area contributed by atoms with Gasteiger partial charge >= 0.3 is 5.97 Å². The van der Waals surface area contributed by atoms with E-state index < -0.39 is 0 Å². The van der Waals surface area contributed by atoms with Crippen LogP contribution in [-0.2, 0) is 28.9 Å². The molecule has 0 bridgehead atoms. The number of nitrogens with one attached hydrogen (secondary N) is 1. The number of anilines is 1. The van der Waals surface area contributed by atoms with Gasteiger partial charge < -0.3 is 19.5 Å². The fourth-order valence-corrected chi connectivity index (χ4v) is 6.40. The summed E-state index contributed by atoms with van der Waals surface area (Å²) in [5.74, 6) is 1.54. The Hall–Kier alpha value is -3.31. The van der Waals surface area contributed by atoms with Gasteiger partial charge in [0.25, 0.3) is 0 Å². The highest BCUT2D eigenvalue weighted by molar-refractivity contribution is 7.99. The Bertz CT molecular complexity index is 1320. The number of fused-ring (bicyclic) bond motifs is 1. The van der Waals surface area contributed by atoms with Crippen molar-refractivity contribution in [1.82, 2.24) is 14.8 Å². The van der Waals surface area contributed by atoms with Gasteiger partial charge in [-0.2, -0.15) is 0 Å². The molecule has 11 heteroatoms. The van der Waals surface area contributed by atoms with Crippen molar-refractivity contribution in [1.29, 1.82) is 0 Å². The summed E-state index contributed by atoms with van der Waals surface area (Å²) in [6, 6.07) is 7.32. The lowest BCUT2D eigenvalue weighted by Gasteiger charge is -2.16. The summed E-state index contributed by atoms with van der Waals surface area (Å²) in [5, 5.41) is 12.8. The topological polar surface area (TPSA) is 105 Å². The number of ether oxygens (including phenoxy) is 3. The smallest absolute Gasteiger partial charge is 0.341 e. The average Bonchev–Trinajstić information content (AvgIpc) is 3.48. The number of rotatable bonds is 12. The van der Waals surface area contributed by atoms with Crippen molar-refractivity contribution in [3.8, 4) is 11.5 Å². The maximum Gasteiger partial charge on any atom is 0.341 e. The van der Waals surface area contributed by atoms with E-state index in [0.717, 1.165) is 41.9 Å².